The Labute approximate surface area is 374 Å². The van der Waals surface area contributed by atoms with Crippen molar-refractivity contribution in [3.63, 3.8) is 0 Å². The minimum absolute atomic E-state index is 0.0176. The first kappa shape index (κ1) is 46.5. The van der Waals surface area contributed by atoms with Crippen LogP contribution in [0.2, 0.25) is 0 Å². The fourth-order valence-corrected chi connectivity index (χ4v) is 12.2. The van der Waals surface area contributed by atoms with Crippen molar-refractivity contribution in [1.82, 2.24) is 0 Å². The van der Waals surface area contributed by atoms with Gasteiger partial charge >= 0.3 is 5.97 Å². The molecule has 0 aliphatic heterocycles. The van der Waals surface area contributed by atoms with Crippen molar-refractivity contribution in [2.45, 2.75) is 134 Å². The fraction of sp³-hybridized carbons (Fsp3) is 0.527. The minimum atomic E-state index is -1.91. The zero-order valence-electron chi connectivity index (χ0n) is 37.3. The molecule has 1 spiro atoms. The van der Waals surface area contributed by atoms with E-state index in [1.54, 1.807) is 6.08 Å². The number of rotatable bonds is 17. The predicted molar refractivity (Wildman–Crippen MR) is 250 cm³/mol. The zero-order chi connectivity index (χ0) is 44.5. The Bertz CT molecular complexity index is 2230. The quantitative estimate of drug-likeness (QED) is 0.0340. The van der Waals surface area contributed by atoms with Crippen molar-refractivity contribution in [2.75, 3.05) is 6.54 Å². The van der Waals surface area contributed by atoms with Crippen molar-refractivity contribution in [3.8, 4) is 5.75 Å². The van der Waals surface area contributed by atoms with Crippen molar-refractivity contribution < 1.29 is 35.1 Å². The number of carbonyl (C=O) groups excluding carboxylic acids is 1. The maximum atomic E-state index is 13.8. The first-order valence-corrected chi connectivity index (χ1v) is 24.1. The second-order valence-corrected chi connectivity index (χ2v) is 19.4. The molecule has 0 amide bonds. The lowest BCUT2D eigenvalue weighted by Gasteiger charge is -2.50. The summed E-state index contributed by atoms with van der Waals surface area (Å²) in [4.78, 5) is 26.0. The number of benzene rings is 3. The molecule has 8 nitrogen and oxygen atoms in total. The Morgan fingerprint density at radius 3 is 2.54 bits per heavy atom. The van der Waals surface area contributed by atoms with Gasteiger partial charge in [-0.1, -0.05) is 130 Å². The number of carbonyl (C=O) groups is 2. The largest absolute Gasteiger partial charge is 0.511 e. The highest BCUT2D eigenvalue weighted by atomic mass is 16.5. The van der Waals surface area contributed by atoms with Gasteiger partial charge < -0.3 is 36.1 Å². The summed E-state index contributed by atoms with van der Waals surface area (Å²) < 4.78 is 0. The SMILES string of the molecule is CCCCCc1cc(C2Cc3cccc(c3)C3(CCC4C=c5ccccc5=C(O)C4C3)C(C(=O)O)C(C(O)O)C=CCC2CCCCCC(C=O)C2C=C(CCN)CC2)ccc1O. The maximum absolute atomic E-state index is 13.8. The van der Waals surface area contributed by atoms with Crippen LogP contribution in [0.4, 0.5) is 0 Å². The molecule has 0 heterocycles. The number of carboxylic acids is 1. The molecule has 7 N–H and O–H groups in total. The van der Waals surface area contributed by atoms with Crippen LogP contribution in [0.3, 0.4) is 0 Å². The number of hydrogen-bond donors (Lipinski definition) is 6. The van der Waals surface area contributed by atoms with Gasteiger partial charge in [0.15, 0.2) is 6.29 Å². The molecule has 63 heavy (non-hydrogen) atoms. The second-order valence-electron chi connectivity index (χ2n) is 19.4. The fourth-order valence-electron chi connectivity index (χ4n) is 12.2. The van der Waals surface area contributed by atoms with E-state index in [4.69, 9.17) is 5.73 Å². The number of aliphatic carboxylic acids is 1. The van der Waals surface area contributed by atoms with Gasteiger partial charge in [-0.15, -0.1) is 0 Å². The van der Waals surface area contributed by atoms with Crippen LogP contribution in [0.15, 0.2) is 90.5 Å². The lowest BCUT2D eigenvalue weighted by molar-refractivity contribution is -0.158. The third-order valence-electron chi connectivity index (χ3n) is 15.6. The monoisotopic (exact) mass is 858 g/mol. The molecule has 1 saturated carbocycles. The van der Waals surface area contributed by atoms with Crippen molar-refractivity contribution in [2.24, 2.45) is 47.2 Å². The number of aliphatic hydroxyl groups is 3. The van der Waals surface area contributed by atoms with Gasteiger partial charge in [0.25, 0.3) is 0 Å². The lowest BCUT2D eigenvalue weighted by Crippen LogP contribution is -2.52. The zero-order valence-corrected chi connectivity index (χ0v) is 37.3. The summed E-state index contributed by atoms with van der Waals surface area (Å²) in [5, 5.41) is 58.2. The summed E-state index contributed by atoms with van der Waals surface area (Å²) in [7, 11) is 0. The molecule has 1 fully saturated rings. The Morgan fingerprint density at radius 2 is 1.76 bits per heavy atom. The Hall–Kier alpha value is -4.50. The molecule has 8 heteroatoms. The summed E-state index contributed by atoms with van der Waals surface area (Å²) in [6, 6.07) is 22.3. The highest BCUT2D eigenvalue weighted by molar-refractivity contribution is 5.74. The molecule has 9 atom stereocenters. The Kier molecular flexibility index (Phi) is 15.8. The molecule has 9 unspecified atom stereocenters. The number of aryl methyl sites for hydroxylation is 1. The second kappa shape index (κ2) is 21.5. The molecule has 7 rings (SSSR count). The average Bonchev–Trinajstić information content (AvgIpc) is 3.74. The van der Waals surface area contributed by atoms with Gasteiger partial charge in [0, 0.05) is 28.4 Å². The van der Waals surface area contributed by atoms with Crippen molar-refractivity contribution in [3.05, 3.63) is 123 Å². The van der Waals surface area contributed by atoms with E-state index in [1.807, 2.05) is 48.5 Å². The average molecular weight is 858 g/mol. The number of unbranched alkanes of at least 4 members (excludes halogenated alkanes) is 4. The maximum Gasteiger partial charge on any atom is 0.308 e. The lowest BCUT2D eigenvalue weighted by atomic mass is 9.53. The van der Waals surface area contributed by atoms with Crippen LogP contribution in [0, 0.1) is 41.4 Å². The van der Waals surface area contributed by atoms with Crippen LogP contribution in [0.1, 0.15) is 131 Å². The van der Waals surface area contributed by atoms with E-state index in [0.29, 0.717) is 50.3 Å². The summed E-state index contributed by atoms with van der Waals surface area (Å²) in [5.41, 5.74) is 10.2. The molecule has 4 aliphatic rings. The molecular weight excluding hydrogens is 787 g/mol. The summed E-state index contributed by atoms with van der Waals surface area (Å²) in [6.07, 6.45) is 21.9. The number of hydrogen-bond acceptors (Lipinski definition) is 7. The standard InChI is InChI=1S/C55H71NO7/c1-2-3-5-15-43-33-41(23-24-50(43)58)48-31-37-12-10-18-45(30-37)55(27-25-42-32-40-14-8-9-19-46(40)52(59)49(42)34-55)51(54(62)63)47(53(60)61)20-11-17-38(48)13-6-4-7-16-44(35-57)39-22-21-36(29-39)26-28-56/h8-12,14,18-20,23-24,29-30,32-33,35,38-39,42,44,47-49,51,53,58-61H,2-7,13,15-17,21-22,25-28,31,34,56H2,1H3,(H,62,63). The highest BCUT2D eigenvalue weighted by Gasteiger charge is 2.54. The van der Waals surface area contributed by atoms with Gasteiger partial charge in [0.1, 0.15) is 17.8 Å². The third-order valence-corrected chi connectivity index (χ3v) is 15.6. The molecule has 4 aliphatic carbocycles. The number of aliphatic hydroxyl groups excluding tert-OH is 2. The van der Waals surface area contributed by atoms with Gasteiger partial charge in [0.05, 0.1) is 5.92 Å². The number of carboxylic acid groups (broad SMARTS) is 1. The minimum Gasteiger partial charge on any atom is -0.511 e. The number of phenols is 1. The van der Waals surface area contributed by atoms with Gasteiger partial charge in [-0.3, -0.25) is 4.79 Å². The molecule has 0 radical (unpaired) electrons. The van der Waals surface area contributed by atoms with Crippen LogP contribution in [-0.2, 0) is 27.8 Å². The molecule has 338 valence electrons. The predicted octanol–water partition coefficient (Wildman–Crippen LogP) is 8.92. The molecule has 2 bridgehead atoms. The summed E-state index contributed by atoms with van der Waals surface area (Å²) >= 11 is 0. The summed E-state index contributed by atoms with van der Waals surface area (Å²) in [6.45, 7) is 2.82. The molecule has 3 aromatic carbocycles. The number of phenolic OH excluding ortho intramolecular Hbond substituents is 1. The van der Waals surface area contributed by atoms with E-state index in [9.17, 15) is 35.1 Å². The molecule has 0 aromatic heterocycles. The topological polar surface area (TPSA) is 161 Å². The van der Waals surface area contributed by atoms with Crippen LogP contribution < -0.4 is 16.2 Å². The molecular formula is C55H71NO7. The van der Waals surface area contributed by atoms with E-state index < -0.39 is 29.5 Å². The van der Waals surface area contributed by atoms with Crippen molar-refractivity contribution >= 4 is 24.1 Å². The van der Waals surface area contributed by atoms with Crippen molar-refractivity contribution in [1.29, 1.82) is 0 Å². The molecule has 0 saturated heterocycles. The third kappa shape index (κ3) is 10.6. The van der Waals surface area contributed by atoms with Gasteiger partial charge in [-0.05, 0) is 141 Å². The number of allylic oxidation sites excluding steroid dienone is 2. The van der Waals surface area contributed by atoms with E-state index in [0.717, 1.165) is 116 Å². The first-order chi connectivity index (χ1) is 30.6. The summed E-state index contributed by atoms with van der Waals surface area (Å²) in [5.74, 6) is -2.55. The first-order valence-electron chi connectivity index (χ1n) is 24.1. The van der Waals surface area contributed by atoms with Crippen LogP contribution >= 0.6 is 0 Å². The molecule has 3 aromatic rings. The van der Waals surface area contributed by atoms with E-state index in [1.165, 1.54) is 5.57 Å². The van der Waals surface area contributed by atoms with Crippen LogP contribution in [-0.4, -0.2) is 50.6 Å². The Morgan fingerprint density at radius 1 is 0.921 bits per heavy atom. The number of nitrogens with two attached hydrogens (primary N) is 1. The van der Waals surface area contributed by atoms with E-state index >= 15 is 0 Å². The Balaban J connectivity index is 1.24. The van der Waals surface area contributed by atoms with E-state index in [2.05, 4.69) is 43.3 Å². The number of aromatic hydroxyl groups is 1. The van der Waals surface area contributed by atoms with Crippen LogP contribution in [0.5, 0.6) is 5.75 Å². The van der Waals surface area contributed by atoms with Gasteiger partial charge in [0.2, 0.25) is 0 Å². The van der Waals surface area contributed by atoms with Crippen LogP contribution in [0.25, 0.3) is 11.8 Å². The van der Waals surface area contributed by atoms with Gasteiger partial charge in [-0.25, -0.2) is 0 Å². The highest BCUT2D eigenvalue weighted by Crippen LogP contribution is 2.54. The van der Waals surface area contributed by atoms with Gasteiger partial charge in [-0.2, -0.15) is 0 Å². The normalized spacial score (nSPS) is 27.4. The number of fused-ring (bicyclic) bond motifs is 5. The van der Waals surface area contributed by atoms with E-state index in [-0.39, 0.29) is 35.3 Å². The smallest absolute Gasteiger partial charge is 0.308 e. The number of aldehydes is 1.